The third-order valence-corrected chi connectivity index (χ3v) is 5.15. The molecule has 0 aliphatic rings. The fourth-order valence-electron chi connectivity index (χ4n) is 1.38. The summed E-state index contributed by atoms with van der Waals surface area (Å²) < 4.78 is 31.4. The molecule has 3 N–H and O–H groups in total. The van der Waals surface area contributed by atoms with E-state index in [9.17, 15) is 8.42 Å². The standard InChI is InChI=1S/C10H13N3O3S2/c1-7-6-9(12-16-7)13-18(14,15)10-3-2-8(17-10)4-5-11/h2-3,6H,4-5,11H2,1H3,(H,12,13). The number of hydrogen-bond acceptors (Lipinski definition) is 6. The molecule has 0 aliphatic heterocycles. The van der Waals surface area contributed by atoms with Crippen LogP contribution in [0.4, 0.5) is 5.82 Å². The van der Waals surface area contributed by atoms with Gasteiger partial charge in [0.2, 0.25) is 0 Å². The van der Waals surface area contributed by atoms with Gasteiger partial charge in [-0.3, -0.25) is 4.72 Å². The highest BCUT2D eigenvalue weighted by Gasteiger charge is 2.18. The van der Waals surface area contributed by atoms with Crippen LogP contribution in [0.25, 0.3) is 0 Å². The zero-order valence-electron chi connectivity index (χ0n) is 9.71. The van der Waals surface area contributed by atoms with Crippen LogP contribution in [0, 0.1) is 6.92 Å². The van der Waals surface area contributed by atoms with Crippen molar-refractivity contribution in [2.75, 3.05) is 11.3 Å². The van der Waals surface area contributed by atoms with E-state index in [0.717, 1.165) is 4.88 Å². The van der Waals surface area contributed by atoms with Crippen molar-refractivity contribution < 1.29 is 12.9 Å². The third-order valence-electron chi connectivity index (χ3n) is 2.16. The molecule has 6 nitrogen and oxygen atoms in total. The summed E-state index contributed by atoms with van der Waals surface area (Å²) in [5, 5.41) is 3.59. The first-order valence-electron chi connectivity index (χ1n) is 5.26. The highest BCUT2D eigenvalue weighted by Crippen LogP contribution is 2.24. The van der Waals surface area contributed by atoms with Gasteiger partial charge < -0.3 is 10.3 Å². The summed E-state index contributed by atoms with van der Waals surface area (Å²) in [5.74, 6) is 0.726. The Bertz CT molecular complexity index is 630. The lowest BCUT2D eigenvalue weighted by Crippen LogP contribution is -2.11. The molecule has 0 atom stereocenters. The van der Waals surface area contributed by atoms with Gasteiger partial charge in [-0.2, -0.15) is 0 Å². The molecule has 0 unspecified atom stereocenters. The molecular weight excluding hydrogens is 274 g/mol. The summed E-state index contributed by atoms with van der Waals surface area (Å²) in [7, 11) is -3.59. The Balaban J connectivity index is 2.19. The van der Waals surface area contributed by atoms with E-state index in [1.54, 1.807) is 19.1 Å². The molecule has 0 amide bonds. The fraction of sp³-hybridized carbons (Fsp3) is 0.300. The van der Waals surface area contributed by atoms with Crippen LogP contribution in [0.3, 0.4) is 0 Å². The van der Waals surface area contributed by atoms with Crippen molar-refractivity contribution in [2.45, 2.75) is 17.6 Å². The van der Waals surface area contributed by atoms with Crippen molar-refractivity contribution in [3.63, 3.8) is 0 Å². The van der Waals surface area contributed by atoms with Crippen LogP contribution in [-0.2, 0) is 16.4 Å². The van der Waals surface area contributed by atoms with E-state index in [0.29, 0.717) is 18.7 Å². The average Bonchev–Trinajstić information content (AvgIpc) is 2.88. The third kappa shape index (κ3) is 2.89. The van der Waals surface area contributed by atoms with Gasteiger partial charge in [-0.1, -0.05) is 5.16 Å². The van der Waals surface area contributed by atoms with E-state index in [4.69, 9.17) is 10.3 Å². The van der Waals surface area contributed by atoms with Gasteiger partial charge in [0.05, 0.1) is 0 Å². The minimum Gasteiger partial charge on any atom is -0.360 e. The normalized spacial score (nSPS) is 11.7. The first-order valence-corrected chi connectivity index (χ1v) is 7.56. The Morgan fingerprint density at radius 1 is 1.50 bits per heavy atom. The lowest BCUT2D eigenvalue weighted by molar-refractivity contribution is 0.400. The molecule has 0 saturated heterocycles. The highest BCUT2D eigenvalue weighted by molar-refractivity contribution is 7.94. The molecule has 8 heteroatoms. The lowest BCUT2D eigenvalue weighted by Gasteiger charge is -2.01. The van der Waals surface area contributed by atoms with E-state index in [-0.39, 0.29) is 10.0 Å². The van der Waals surface area contributed by atoms with E-state index < -0.39 is 10.0 Å². The molecular formula is C10H13N3O3S2. The first-order chi connectivity index (χ1) is 8.51. The summed E-state index contributed by atoms with van der Waals surface area (Å²) in [6, 6.07) is 4.84. The number of sulfonamides is 1. The number of thiophene rings is 1. The molecule has 98 valence electrons. The number of anilines is 1. The van der Waals surface area contributed by atoms with E-state index in [1.807, 2.05) is 0 Å². The van der Waals surface area contributed by atoms with Crippen LogP contribution < -0.4 is 10.5 Å². The van der Waals surface area contributed by atoms with Crippen molar-refractivity contribution in [3.05, 3.63) is 28.8 Å². The zero-order chi connectivity index (χ0) is 13.2. The molecule has 0 aromatic carbocycles. The lowest BCUT2D eigenvalue weighted by atomic mass is 10.3. The molecule has 0 bridgehead atoms. The maximum absolute atomic E-state index is 12.0. The van der Waals surface area contributed by atoms with Gasteiger partial charge in [-0.05, 0) is 32.0 Å². The maximum atomic E-state index is 12.0. The Morgan fingerprint density at radius 2 is 2.28 bits per heavy atom. The molecule has 0 fully saturated rings. The van der Waals surface area contributed by atoms with Gasteiger partial charge in [0.15, 0.2) is 5.82 Å². The molecule has 2 rings (SSSR count). The average molecular weight is 287 g/mol. The van der Waals surface area contributed by atoms with Gasteiger partial charge in [-0.25, -0.2) is 8.42 Å². The predicted octanol–water partition coefficient (Wildman–Crippen LogP) is 1.35. The summed E-state index contributed by atoms with van der Waals surface area (Å²) in [5.41, 5.74) is 5.42. The SMILES string of the molecule is Cc1cc(NS(=O)(=O)c2ccc(CCN)s2)no1. The molecule has 0 saturated carbocycles. The number of aromatic nitrogens is 1. The number of aryl methyl sites for hydroxylation is 1. The Hall–Kier alpha value is -1.38. The summed E-state index contributed by atoms with van der Waals surface area (Å²) in [4.78, 5) is 0.939. The number of nitrogens with one attached hydrogen (secondary N) is 1. The number of nitrogens with zero attached hydrogens (tertiary/aromatic N) is 1. The minimum absolute atomic E-state index is 0.182. The highest BCUT2D eigenvalue weighted by atomic mass is 32.2. The van der Waals surface area contributed by atoms with Crippen LogP contribution >= 0.6 is 11.3 Å². The number of rotatable bonds is 5. The topological polar surface area (TPSA) is 98.2 Å². The van der Waals surface area contributed by atoms with Crippen LogP contribution in [0.15, 0.2) is 26.9 Å². The minimum atomic E-state index is -3.59. The van der Waals surface area contributed by atoms with E-state index in [2.05, 4.69) is 9.88 Å². The van der Waals surface area contributed by atoms with Crippen molar-refractivity contribution in [3.8, 4) is 0 Å². The fourth-order valence-corrected chi connectivity index (χ4v) is 3.74. The molecule has 2 aromatic rings. The monoisotopic (exact) mass is 287 g/mol. The molecule has 0 spiro atoms. The second-order valence-electron chi connectivity index (χ2n) is 3.69. The van der Waals surface area contributed by atoms with Gasteiger partial charge in [-0.15, -0.1) is 11.3 Å². The van der Waals surface area contributed by atoms with E-state index in [1.165, 1.54) is 17.4 Å². The Labute approximate surface area is 109 Å². The van der Waals surface area contributed by atoms with Crippen LogP contribution in [0.1, 0.15) is 10.6 Å². The van der Waals surface area contributed by atoms with Crippen molar-refractivity contribution in [2.24, 2.45) is 5.73 Å². The van der Waals surface area contributed by atoms with Crippen molar-refractivity contribution in [1.29, 1.82) is 0 Å². The number of hydrogen-bond donors (Lipinski definition) is 2. The number of nitrogens with two attached hydrogens (primary N) is 1. The van der Waals surface area contributed by atoms with Crippen molar-refractivity contribution >= 4 is 27.2 Å². The van der Waals surface area contributed by atoms with Crippen LogP contribution in [0.2, 0.25) is 0 Å². The van der Waals surface area contributed by atoms with Crippen LogP contribution in [0.5, 0.6) is 0 Å². The summed E-state index contributed by atoms with van der Waals surface area (Å²) in [6.07, 6.45) is 0.670. The second-order valence-corrected chi connectivity index (χ2v) is 6.77. The molecule has 0 radical (unpaired) electrons. The predicted molar refractivity (Wildman–Crippen MR) is 69.1 cm³/mol. The van der Waals surface area contributed by atoms with Gasteiger partial charge in [0.1, 0.15) is 9.97 Å². The molecule has 2 heterocycles. The van der Waals surface area contributed by atoms with Gasteiger partial charge >= 0.3 is 0 Å². The quantitative estimate of drug-likeness (QED) is 0.865. The molecule has 18 heavy (non-hydrogen) atoms. The largest absolute Gasteiger partial charge is 0.360 e. The summed E-state index contributed by atoms with van der Waals surface area (Å²) >= 11 is 1.20. The Morgan fingerprint density at radius 3 is 2.89 bits per heavy atom. The molecule has 0 aliphatic carbocycles. The molecule has 2 aromatic heterocycles. The Kier molecular flexibility index (Phi) is 3.69. The van der Waals surface area contributed by atoms with Crippen LogP contribution in [-0.4, -0.2) is 20.1 Å². The maximum Gasteiger partial charge on any atom is 0.272 e. The van der Waals surface area contributed by atoms with E-state index >= 15 is 0 Å². The zero-order valence-corrected chi connectivity index (χ0v) is 11.3. The van der Waals surface area contributed by atoms with Gasteiger partial charge in [0, 0.05) is 10.9 Å². The smallest absolute Gasteiger partial charge is 0.272 e. The summed E-state index contributed by atoms with van der Waals surface area (Å²) in [6.45, 7) is 2.19. The first kappa shape index (κ1) is 13.1. The van der Waals surface area contributed by atoms with Gasteiger partial charge in [0.25, 0.3) is 10.0 Å². The second kappa shape index (κ2) is 5.09. The van der Waals surface area contributed by atoms with Crippen molar-refractivity contribution in [1.82, 2.24) is 5.16 Å².